The van der Waals surface area contributed by atoms with Gasteiger partial charge in [0.05, 0.1) is 26.4 Å². The first-order valence-corrected chi connectivity index (χ1v) is 41.8. The van der Waals surface area contributed by atoms with Gasteiger partial charge in [-0.15, -0.1) is 0 Å². The summed E-state index contributed by atoms with van der Waals surface area (Å²) >= 11 is 0. The average Bonchev–Trinajstić information content (AvgIpc) is 1.55. The zero-order valence-corrected chi connectivity index (χ0v) is 63.2. The molecule has 0 aliphatic carbocycles. The largest absolute Gasteiger partial charge is 0.472 e. The van der Waals surface area contributed by atoms with Gasteiger partial charge < -0.3 is 33.8 Å². The highest BCUT2D eigenvalue weighted by Crippen LogP contribution is 2.45. The molecule has 19 heteroatoms. The summed E-state index contributed by atoms with van der Waals surface area (Å²) in [5, 5.41) is 10.6. The number of rotatable bonds is 73. The first-order valence-electron chi connectivity index (χ1n) is 38.8. The molecular weight excluding hydrogens is 1250 g/mol. The van der Waals surface area contributed by atoms with Gasteiger partial charge >= 0.3 is 39.5 Å². The molecule has 0 saturated heterocycles. The second-order valence-corrected chi connectivity index (χ2v) is 30.6. The lowest BCUT2D eigenvalue weighted by Crippen LogP contribution is -2.30. The van der Waals surface area contributed by atoms with Crippen LogP contribution < -0.4 is 0 Å². The number of phosphoric acid groups is 2. The summed E-state index contributed by atoms with van der Waals surface area (Å²) in [5.74, 6) is -0.781. The fraction of sp³-hybridized carbons (Fsp3) is 0.895. The van der Waals surface area contributed by atoms with E-state index in [1.165, 1.54) is 161 Å². The smallest absolute Gasteiger partial charge is 0.462 e. The van der Waals surface area contributed by atoms with E-state index in [0.717, 1.165) is 116 Å². The van der Waals surface area contributed by atoms with Crippen molar-refractivity contribution in [3.63, 3.8) is 0 Å². The van der Waals surface area contributed by atoms with Crippen molar-refractivity contribution in [2.24, 2.45) is 11.8 Å². The number of carbonyl (C=O) groups excluding carboxylic acids is 4. The molecule has 0 aliphatic rings. The van der Waals surface area contributed by atoms with Crippen molar-refractivity contribution < 1.29 is 80.2 Å². The van der Waals surface area contributed by atoms with Crippen molar-refractivity contribution in [3.8, 4) is 0 Å². The standard InChI is InChI=1S/C76H144O17P2/c1-7-9-11-13-15-17-19-21-23-24-25-26-27-28-30-32-34-36-40-48-54-60-75(80)92-71(64-86-73(78)58-52-46-39-35-33-31-29-22-20-18-16-14-12-10-8-2)66-90-94(82,83)88-62-70(77)63-89-95(84,85)91-67-72(65-87-74(79)59-53-47-43-42-45-51-57-69(5)6)93-76(81)61-55-49-41-37-38-44-50-56-68(3)4/h18,20,22,29,68-72,77H,7-17,19,21,23-28,30-67H2,1-6H3,(H,82,83)(H,84,85)/b20-18-,29-22-/t70-,71-,72-/m1/s1. The number of carbonyl (C=O) groups is 4. The number of phosphoric ester groups is 2. The van der Waals surface area contributed by atoms with Gasteiger partial charge in [-0.2, -0.15) is 0 Å². The van der Waals surface area contributed by atoms with Gasteiger partial charge in [0, 0.05) is 25.7 Å². The number of aliphatic hydroxyl groups excluding tert-OH is 1. The Morgan fingerprint density at radius 2 is 0.568 bits per heavy atom. The molecule has 0 amide bonds. The summed E-state index contributed by atoms with van der Waals surface area (Å²) in [6, 6.07) is 0. The lowest BCUT2D eigenvalue weighted by molar-refractivity contribution is -0.161. The van der Waals surface area contributed by atoms with E-state index >= 15 is 0 Å². The minimum absolute atomic E-state index is 0.100. The van der Waals surface area contributed by atoms with E-state index in [-0.39, 0.29) is 25.7 Å². The van der Waals surface area contributed by atoms with Crippen LogP contribution in [0.25, 0.3) is 0 Å². The third-order valence-corrected chi connectivity index (χ3v) is 19.0. The minimum Gasteiger partial charge on any atom is -0.462 e. The number of allylic oxidation sites excluding steroid dienone is 4. The average molecular weight is 1390 g/mol. The van der Waals surface area contributed by atoms with E-state index in [1.54, 1.807) is 0 Å². The normalized spacial score (nSPS) is 14.2. The first-order chi connectivity index (χ1) is 45.9. The maximum absolute atomic E-state index is 13.1. The molecule has 0 heterocycles. The summed E-state index contributed by atoms with van der Waals surface area (Å²) in [5.41, 5.74) is 0. The van der Waals surface area contributed by atoms with Crippen LogP contribution in [0.5, 0.6) is 0 Å². The monoisotopic (exact) mass is 1390 g/mol. The molecule has 0 spiro atoms. The molecule has 3 N–H and O–H groups in total. The first kappa shape index (κ1) is 92.5. The van der Waals surface area contributed by atoms with Gasteiger partial charge in [0.2, 0.25) is 0 Å². The third kappa shape index (κ3) is 69.8. The van der Waals surface area contributed by atoms with E-state index in [2.05, 4.69) is 65.8 Å². The molecule has 0 fully saturated rings. The Kier molecular flexibility index (Phi) is 65.6. The van der Waals surface area contributed by atoms with Crippen LogP contribution >= 0.6 is 15.6 Å². The van der Waals surface area contributed by atoms with Gasteiger partial charge in [-0.05, 0) is 63.2 Å². The van der Waals surface area contributed by atoms with E-state index in [4.69, 9.17) is 37.0 Å². The van der Waals surface area contributed by atoms with Crippen LogP contribution in [-0.4, -0.2) is 96.7 Å². The molecule has 0 saturated carbocycles. The molecule has 95 heavy (non-hydrogen) atoms. The van der Waals surface area contributed by atoms with Gasteiger partial charge in [-0.25, -0.2) is 9.13 Å². The van der Waals surface area contributed by atoms with Crippen molar-refractivity contribution in [1.82, 2.24) is 0 Å². The van der Waals surface area contributed by atoms with Crippen LogP contribution in [0.3, 0.4) is 0 Å². The van der Waals surface area contributed by atoms with Crippen LogP contribution in [0.1, 0.15) is 369 Å². The van der Waals surface area contributed by atoms with Crippen molar-refractivity contribution in [2.45, 2.75) is 387 Å². The number of unbranched alkanes of at least 4 members (excludes halogenated alkanes) is 40. The molecule has 0 aromatic rings. The highest BCUT2D eigenvalue weighted by atomic mass is 31.2. The third-order valence-electron chi connectivity index (χ3n) is 17.1. The van der Waals surface area contributed by atoms with Crippen molar-refractivity contribution >= 4 is 39.5 Å². The molecule has 17 nitrogen and oxygen atoms in total. The van der Waals surface area contributed by atoms with Gasteiger partial charge in [0.1, 0.15) is 19.3 Å². The Labute approximate surface area is 580 Å². The summed E-state index contributed by atoms with van der Waals surface area (Å²) < 4.78 is 68.4. The Hall–Kier alpha value is -2.46. The molecule has 2 unspecified atom stereocenters. The van der Waals surface area contributed by atoms with Crippen molar-refractivity contribution in [3.05, 3.63) is 24.3 Å². The molecule has 0 rings (SSSR count). The summed E-state index contributed by atoms with van der Waals surface area (Å²) in [4.78, 5) is 72.7. The second-order valence-electron chi connectivity index (χ2n) is 27.7. The SMILES string of the molecule is CCCCCC/C=C\C=C/CCCCCCCC(=O)OC[C@H](COP(=O)(O)OC[C@@H](O)COP(=O)(O)OC[C@@H](COC(=O)CCCCCCCCC(C)C)OC(=O)CCCCCCCCCC(C)C)OC(=O)CCCCCCCCCCCCCCCCCCCCCCC. The molecule has 0 aliphatic heterocycles. The molecule has 0 aromatic carbocycles. The lowest BCUT2D eigenvalue weighted by Gasteiger charge is -2.21. The Morgan fingerprint density at radius 3 is 0.863 bits per heavy atom. The Balaban J connectivity index is 5.22. The maximum Gasteiger partial charge on any atom is 0.472 e. The van der Waals surface area contributed by atoms with E-state index < -0.39 is 97.5 Å². The number of hydrogen-bond acceptors (Lipinski definition) is 15. The van der Waals surface area contributed by atoms with Crippen molar-refractivity contribution in [2.75, 3.05) is 39.6 Å². The van der Waals surface area contributed by atoms with E-state index in [1.807, 2.05) is 0 Å². The van der Waals surface area contributed by atoms with E-state index in [9.17, 15) is 43.2 Å². The molecule has 560 valence electrons. The van der Waals surface area contributed by atoms with Gasteiger partial charge in [0.15, 0.2) is 12.2 Å². The molecular formula is C76H144O17P2. The summed E-state index contributed by atoms with van der Waals surface area (Å²) in [7, 11) is -9.92. The Bertz CT molecular complexity index is 1930. The fourth-order valence-corrected chi connectivity index (χ4v) is 12.7. The molecule has 0 aromatic heterocycles. The van der Waals surface area contributed by atoms with Gasteiger partial charge in [0.25, 0.3) is 0 Å². The zero-order chi connectivity index (χ0) is 70.0. The topological polar surface area (TPSA) is 237 Å². The quantitative estimate of drug-likeness (QED) is 0.0169. The maximum atomic E-state index is 13.1. The number of ether oxygens (including phenoxy) is 4. The minimum atomic E-state index is -4.96. The van der Waals surface area contributed by atoms with Crippen molar-refractivity contribution in [1.29, 1.82) is 0 Å². The van der Waals surface area contributed by atoms with Crippen LogP contribution in [0.15, 0.2) is 24.3 Å². The van der Waals surface area contributed by atoms with Crippen LogP contribution in [0.4, 0.5) is 0 Å². The number of aliphatic hydroxyl groups is 1. The number of hydrogen-bond donors (Lipinski definition) is 3. The predicted molar refractivity (Wildman–Crippen MR) is 386 cm³/mol. The Morgan fingerprint density at radius 1 is 0.326 bits per heavy atom. The lowest BCUT2D eigenvalue weighted by atomic mass is 10.0. The molecule has 0 radical (unpaired) electrons. The van der Waals surface area contributed by atoms with Gasteiger partial charge in [-0.1, -0.05) is 316 Å². The molecule has 0 bridgehead atoms. The van der Waals surface area contributed by atoms with Gasteiger partial charge in [-0.3, -0.25) is 37.3 Å². The number of esters is 4. The predicted octanol–water partition coefficient (Wildman–Crippen LogP) is 21.9. The van der Waals surface area contributed by atoms with Crippen LogP contribution in [0.2, 0.25) is 0 Å². The van der Waals surface area contributed by atoms with Crippen LogP contribution in [0, 0.1) is 11.8 Å². The highest BCUT2D eigenvalue weighted by Gasteiger charge is 2.30. The summed E-state index contributed by atoms with van der Waals surface area (Å²) in [6.07, 6.45) is 58.2. The fourth-order valence-electron chi connectivity index (χ4n) is 11.1. The second kappa shape index (κ2) is 67.4. The molecule has 5 atom stereocenters. The highest BCUT2D eigenvalue weighted by molar-refractivity contribution is 7.47. The van der Waals surface area contributed by atoms with Crippen LogP contribution in [-0.2, 0) is 65.4 Å². The van der Waals surface area contributed by atoms with E-state index in [0.29, 0.717) is 37.5 Å². The zero-order valence-electron chi connectivity index (χ0n) is 61.5. The summed E-state index contributed by atoms with van der Waals surface area (Å²) in [6.45, 7) is 9.36.